The molecule has 2 unspecified atom stereocenters. The first kappa shape index (κ1) is 22.3. The summed E-state index contributed by atoms with van der Waals surface area (Å²) in [5, 5.41) is 11.6. The number of carboxylic acid groups (broad SMARTS) is 1. The number of hydrogen-bond acceptors (Lipinski definition) is 5. The van der Waals surface area contributed by atoms with Crippen molar-refractivity contribution in [2.24, 2.45) is 11.7 Å². The Hall–Kier alpha value is -1.73. The van der Waals surface area contributed by atoms with E-state index in [1.54, 1.807) is 13.8 Å². The standard InChI is InChI=1S/C17H27N2O6P/c1-12(2)16(26(23,24)25-14(10-11-18)17(21)22)19-15(20)9-8-13-6-4-3-5-7-13/h3-7,12,14,16H,8-11,18H2,1-2H3,(H,19,20)(H,21,22)(H,23,24)/t14?,16-/m0/s1. The summed E-state index contributed by atoms with van der Waals surface area (Å²) in [6.45, 7) is 3.28. The van der Waals surface area contributed by atoms with Crippen molar-refractivity contribution in [1.29, 1.82) is 0 Å². The molecule has 0 saturated heterocycles. The molecule has 0 saturated carbocycles. The van der Waals surface area contributed by atoms with Crippen LogP contribution in [-0.4, -0.2) is 40.3 Å². The SMILES string of the molecule is CC(C)[C@@H](NC(=O)CCc1ccccc1)P(=O)(O)OC(CCN)C(=O)O. The van der Waals surface area contributed by atoms with E-state index >= 15 is 0 Å². The van der Waals surface area contributed by atoms with Gasteiger partial charge in [0, 0.05) is 6.42 Å². The highest BCUT2D eigenvalue weighted by Gasteiger charge is 2.39. The van der Waals surface area contributed by atoms with Gasteiger partial charge in [-0.15, -0.1) is 0 Å². The van der Waals surface area contributed by atoms with Gasteiger partial charge in [0.1, 0.15) is 5.78 Å². The normalized spacial score (nSPS) is 15.9. The van der Waals surface area contributed by atoms with Gasteiger partial charge in [0.05, 0.1) is 0 Å². The lowest BCUT2D eigenvalue weighted by atomic mass is 10.1. The van der Waals surface area contributed by atoms with Crippen LogP contribution in [-0.2, 0) is 25.1 Å². The van der Waals surface area contributed by atoms with E-state index in [2.05, 4.69) is 5.32 Å². The zero-order valence-corrected chi connectivity index (χ0v) is 15.9. The topological polar surface area (TPSA) is 139 Å². The number of nitrogens with one attached hydrogen (secondary N) is 1. The van der Waals surface area contributed by atoms with Crippen LogP contribution in [0.15, 0.2) is 30.3 Å². The highest BCUT2D eigenvalue weighted by molar-refractivity contribution is 7.53. The lowest BCUT2D eigenvalue weighted by Gasteiger charge is -2.28. The molecule has 1 amide bonds. The van der Waals surface area contributed by atoms with Gasteiger partial charge >= 0.3 is 13.6 Å². The third-order valence-electron chi connectivity index (χ3n) is 3.76. The quantitative estimate of drug-likeness (QED) is 0.425. The van der Waals surface area contributed by atoms with Gasteiger partial charge in [0.15, 0.2) is 6.10 Å². The Morgan fingerprint density at radius 1 is 1.27 bits per heavy atom. The molecular formula is C17H27N2O6P. The Balaban J connectivity index is 2.74. The van der Waals surface area contributed by atoms with Crippen LogP contribution in [0.3, 0.4) is 0 Å². The number of aryl methyl sites for hydroxylation is 1. The third-order valence-corrected chi connectivity index (χ3v) is 5.74. The van der Waals surface area contributed by atoms with Crippen molar-refractivity contribution >= 4 is 19.5 Å². The average molecular weight is 386 g/mol. The minimum atomic E-state index is -4.42. The second-order valence-corrected chi connectivity index (χ2v) is 8.21. The van der Waals surface area contributed by atoms with Crippen molar-refractivity contribution < 1.29 is 28.7 Å². The number of amides is 1. The molecule has 0 aliphatic rings. The summed E-state index contributed by atoms with van der Waals surface area (Å²) in [5.74, 6) is -3.41. The summed E-state index contributed by atoms with van der Waals surface area (Å²) in [5.41, 5.74) is 6.29. The minimum absolute atomic E-state index is 0.00720. The molecule has 5 N–H and O–H groups in total. The van der Waals surface area contributed by atoms with E-state index in [4.69, 9.17) is 15.4 Å². The second kappa shape index (κ2) is 10.4. The van der Waals surface area contributed by atoms with Crippen LogP contribution >= 0.6 is 7.60 Å². The van der Waals surface area contributed by atoms with E-state index < -0.39 is 37.3 Å². The first-order valence-corrected chi connectivity index (χ1v) is 10.1. The Labute approximate surface area is 153 Å². The predicted octanol–water partition coefficient (Wildman–Crippen LogP) is 1.72. The van der Waals surface area contributed by atoms with Gasteiger partial charge in [-0.25, -0.2) is 4.79 Å². The highest BCUT2D eigenvalue weighted by atomic mass is 31.2. The number of carbonyl (C=O) groups excluding carboxylic acids is 1. The van der Waals surface area contributed by atoms with Gasteiger partial charge in [0.25, 0.3) is 0 Å². The van der Waals surface area contributed by atoms with Gasteiger partial charge in [-0.2, -0.15) is 0 Å². The number of carbonyl (C=O) groups is 2. The fourth-order valence-electron chi connectivity index (χ4n) is 2.39. The number of rotatable bonds is 11. The molecule has 3 atom stereocenters. The number of nitrogens with two attached hydrogens (primary N) is 1. The van der Waals surface area contributed by atoms with Crippen molar-refractivity contribution in [3.8, 4) is 0 Å². The second-order valence-electron chi connectivity index (χ2n) is 6.32. The molecule has 0 heterocycles. The average Bonchev–Trinajstić information content (AvgIpc) is 2.57. The molecule has 0 aliphatic carbocycles. The summed E-state index contributed by atoms with van der Waals surface area (Å²) in [6, 6.07) is 9.37. The molecule has 0 aliphatic heterocycles. The summed E-state index contributed by atoms with van der Waals surface area (Å²) >= 11 is 0. The summed E-state index contributed by atoms with van der Waals surface area (Å²) in [6.07, 6.45) is -0.984. The van der Waals surface area contributed by atoms with E-state index in [0.717, 1.165) is 5.56 Å². The molecule has 0 fully saturated rings. The molecular weight excluding hydrogens is 359 g/mol. The van der Waals surface area contributed by atoms with E-state index in [-0.39, 0.29) is 19.4 Å². The van der Waals surface area contributed by atoms with Gasteiger partial charge < -0.3 is 21.1 Å². The van der Waals surface area contributed by atoms with Gasteiger partial charge in [-0.1, -0.05) is 44.2 Å². The number of carboxylic acids is 1. The van der Waals surface area contributed by atoms with Crippen LogP contribution in [0.25, 0.3) is 0 Å². The Morgan fingerprint density at radius 2 is 1.88 bits per heavy atom. The largest absolute Gasteiger partial charge is 0.479 e. The maximum Gasteiger partial charge on any atom is 0.351 e. The van der Waals surface area contributed by atoms with Crippen molar-refractivity contribution in [1.82, 2.24) is 5.32 Å². The third kappa shape index (κ3) is 7.25. The van der Waals surface area contributed by atoms with Crippen molar-refractivity contribution in [3.05, 3.63) is 35.9 Å². The van der Waals surface area contributed by atoms with E-state index in [9.17, 15) is 19.0 Å². The van der Waals surface area contributed by atoms with Crippen LogP contribution in [0.5, 0.6) is 0 Å². The summed E-state index contributed by atoms with van der Waals surface area (Å²) < 4.78 is 17.5. The molecule has 146 valence electrons. The molecule has 0 aromatic heterocycles. The Morgan fingerprint density at radius 3 is 2.38 bits per heavy atom. The van der Waals surface area contributed by atoms with E-state index in [0.29, 0.717) is 6.42 Å². The molecule has 26 heavy (non-hydrogen) atoms. The summed E-state index contributed by atoms with van der Waals surface area (Å²) in [4.78, 5) is 33.6. The predicted molar refractivity (Wildman–Crippen MR) is 97.5 cm³/mol. The molecule has 1 aromatic carbocycles. The number of benzene rings is 1. The molecule has 8 nitrogen and oxygen atoms in total. The zero-order chi connectivity index (χ0) is 19.7. The Bertz CT molecular complexity index is 637. The lowest BCUT2D eigenvalue weighted by molar-refractivity contribution is -0.145. The van der Waals surface area contributed by atoms with Crippen LogP contribution in [0.4, 0.5) is 0 Å². The van der Waals surface area contributed by atoms with Crippen LogP contribution in [0.2, 0.25) is 0 Å². The first-order chi connectivity index (χ1) is 12.2. The maximum absolute atomic E-state index is 12.6. The monoisotopic (exact) mass is 386 g/mol. The lowest BCUT2D eigenvalue weighted by Crippen LogP contribution is -2.40. The first-order valence-electron chi connectivity index (χ1n) is 8.44. The fourth-order valence-corrected chi connectivity index (χ4v) is 4.14. The van der Waals surface area contributed by atoms with Crippen LogP contribution < -0.4 is 11.1 Å². The van der Waals surface area contributed by atoms with Crippen LogP contribution in [0.1, 0.15) is 32.3 Å². The number of hydrogen-bond donors (Lipinski definition) is 4. The van der Waals surface area contributed by atoms with Gasteiger partial charge in [0.2, 0.25) is 5.91 Å². The minimum Gasteiger partial charge on any atom is -0.479 e. The molecule has 0 radical (unpaired) electrons. The van der Waals surface area contributed by atoms with E-state index in [1.807, 2.05) is 30.3 Å². The van der Waals surface area contributed by atoms with Crippen molar-refractivity contribution in [2.45, 2.75) is 45.0 Å². The maximum atomic E-state index is 12.6. The summed E-state index contributed by atoms with van der Waals surface area (Å²) in [7, 11) is -4.42. The van der Waals surface area contributed by atoms with E-state index in [1.165, 1.54) is 0 Å². The van der Waals surface area contributed by atoms with Gasteiger partial charge in [-0.05, 0) is 30.9 Å². The number of aliphatic carboxylic acids is 1. The highest BCUT2D eigenvalue weighted by Crippen LogP contribution is 2.50. The molecule has 1 aromatic rings. The molecule has 0 bridgehead atoms. The molecule has 1 rings (SSSR count). The van der Waals surface area contributed by atoms with Gasteiger partial charge in [-0.3, -0.25) is 13.9 Å². The van der Waals surface area contributed by atoms with Crippen molar-refractivity contribution in [2.75, 3.05) is 6.54 Å². The fraction of sp³-hybridized carbons (Fsp3) is 0.529. The molecule has 9 heteroatoms. The zero-order valence-electron chi connectivity index (χ0n) is 15.0. The molecule has 0 spiro atoms. The van der Waals surface area contributed by atoms with Crippen LogP contribution in [0, 0.1) is 5.92 Å². The van der Waals surface area contributed by atoms with Crippen molar-refractivity contribution in [3.63, 3.8) is 0 Å². The smallest absolute Gasteiger partial charge is 0.351 e. The Kier molecular flexibility index (Phi) is 8.95.